The summed E-state index contributed by atoms with van der Waals surface area (Å²) in [6, 6.07) is 0. The average molecular weight is 277 g/mol. The maximum Gasteiger partial charge on any atom is 0.00455 e. The van der Waals surface area contributed by atoms with E-state index in [0.29, 0.717) is 10.8 Å². The maximum atomic E-state index is 3.76. The highest BCUT2D eigenvalue weighted by Gasteiger charge is 2.49. The summed E-state index contributed by atoms with van der Waals surface area (Å²) < 4.78 is 0. The highest BCUT2D eigenvalue weighted by atomic mass is 14.9. The number of hydrogen-bond acceptors (Lipinski definition) is 1. The van der Waals surface area contributed by atoms with Crippen molar-refractivity contribution in [2.75, 3.05) is 13.1 Å². The lowest BCUT2D eigenvalue weighted by Gasteiger charge is -2.55. The molecule has 0 bridgehead atoms. The van der Waals surface area contributed by atoms with Gasteiger partial charge in [0.05, 0.1) is 0 Å². The molecule has 0 unspecified atom stereocenters. The minimum absolute atomic E-state index is 0.483. The van der Waals surface area contributed by atoms with Crippen molar-refractivity contribution in [3.63, 3.8) is 0 Å². The average Bonchev–Trinajstić information content (AvgIpc) is 2.31. The second kappa shape index (κ2) is 6.22. The van der Waals surface area contributed by atoms with E-state index in [1.54, 1.807) is 5.57 Å². The summed E-state index contributed by atoms with van der Waals surface area (Å²) in [5.41, 5.74) is 2.78. The Bertz CT molecular complexity index is 339. The van der Waals surface area contributed by atoms with Crippen molar-refractivity contribution >= 4 is 0 Å². The van der Waals surface area contributed by atoms with Gasteiger partial charge in [-0.1, -0.05) is 46.3 Å². The van der Waals surface area contributed by atoms with Crippen LogP contribution in [-0.2, 0) is 0 Å². The van der Waals surface area contributed by atoms with E-state index in [-0.39, 0.29) is 0 Å². The predicted octanol–water partition coefficient (Wildman–Crippen LogP) is 5.17. The molecule has 20 heavy (non-hydrogen) atoms. The smallest absolute Gasteiger partial charge is 0.00455 e. The molecular weight excluding hydrogens is 242 g/mol. The molecule has 1 nitrogen and oxygen atoms in total. The molecule has 2 rings (SSSR count). The van der Waals surface area contributed by atoms with Gasteiger partial charge in [-0.2, -0.15) is 0 Å². The van der Waals surface area contributed by atoms with E-state index in [0.717, 1.165) is 18.4 Å². The van der Waals surface area contributed by atoms with Crippen LogP contribution in [0.2, 0.25) is 0 Å². The number of rotatable bonds is 5. The molecule has 0 radical (unpaired) electrons. The summed E-state index contributed by atoms with van der Waals surface area (Å²) in [7, 11) is 0. The van der Waals surface area contributed by atoms with Crippen LogP contribution in [0.25, 0.3) is 0 Å². The molecule has 0 aromatic rings. The normalized spacial score (nSPS) is 31.1. The van der Waals surface area contributed by atoms with Crippen LogP contribution in [0.15, 0.2) is 11.6 Å². The molecule has 0 aliphatic heterocycles. The summed E-state index contributed by atoms with van der Waals surface area (Å²) in [4.78, 5) is 0. The zero-order valence-electron chi connectivity index (χ0n) is 14.4. The molecule has 1 fully saturated rings. The maximum absolute atomic E-state index is 3.76. The van der Waals surface area contributed by atoms with Crippen LogP contribution in [0.4, 0.5) is 0 Å². The first-order valence-electron chi connectivity index (χ1n) is 8.74. The summed E-state index contributed by atoms with van der Waals surface area (Å²) in [5, 5.41) is 3.76. The van der Waals surface area contributed by atoms with Gasteiger partial charge in [0.1, 0.15) is 0 Å². The zero-order chi connectivity index (χ0) is 14.8. The molecule has 116 valence electrons. The fraction of sp³-hybridized carbons (Fsp3) is 0.895. The van der Waals surface area contributed by atoms with E-state index in [1.165, 1.54) is 45.1 Å². The molecule has 0 amide bonds. The molecule has 0 aromatic carbocycles. The van der Waals surface area contributed by atoms with Crippen molar-refractivity contribution in [3.05, 3.63) is 11.6 Å². The van der Waals surface area contributed by atoms with Gasteiger partial charge >= 0.3 is 0 Å². The zero-order valence-corrected chi connectivity index (χ0v) is 14.4. The van der Waals surface area contributed by atoms with Gasteiger partial charge in [0.15, 0.2) is 0 Å². The van der Waals surface area contributed by atoms with Gasteiger partial charge in [-0.25, -0.2) is 0 Å². The largest absolute Gasteiger partial charge is 0.316 e. The van der Waals surface area contributed by atoms with E-state index < -0.39 is 0 Å². The molecule has 1 heteroatoms. The van der Waals surface area contributed by atoms with E-state index in [4.69, 9.17) is 0 Å². The number of allylic oxidation sites excluding steroid dienone is 1. The fourth-order valence-electron chi connectivity index (χ4n) is 3.94. The van der Waals surface area contributed by atoms with Gasteiger partial charge in [0.25, 0.3) is 0 Å². The Morgan fingerprint density at radius 3 is 2.45 bits per heavy atom. The van der Waals surface area contributed by atoms with Gasteiger partial charge in [-0.3, -0.25) is 0 Å². The molecule has 2 aliphatic rings. The molecule has 1 saturated carbocycles. The van der Waals surface area contributed by atoms with Crippen LogP contribution in [0.5, 0.6) is 0 Å². The third kappa shape index (κ3) is 3.67. The van der Waals surface area contributed by atoms with Crippen LogP contribution in [0, 0.1) is 22.7 Å². The van der Waals surface area contributed by atoms with Crippen LogP contribution in [0.3, 0.4) is 0 Å². The third-order valence-corrected chi connectivity index (χ3v) is 5.49. The molecule has 0 atom stereocenters. The first-order chi connectivity index (χ1) is 9.33. The molecule has 0 saturated heterocycles. The Hall–Kier alpha value is -0.300. The molecular formula is C19H35N. The lowest BCUT2D eigenvalue weighted by atomic mass is 9.51. The highest BCUT2D eigenvalue weighted by Crippen LogP contribution is 2.57. The van der Waals surface area contributed by atoms with Crippen LogP contribution >= 0.6 is 0 Å². The minimum Gasteiger partial charge on any atom is -0.316 e. The quantitative estimate of drug-likeness (QED) is 0.683. The minimum atomic E-state index is 0.483. The Morgan fingerprint density at radius 2 is 1.95 bits per heavy atom. The lowest BCUT2D eigenvalue weighted by Crippen LogP contribution is -2.50. The lowest BCUT2D eigenvalue weighted by molar-refractivity contribution is 0.0108. The van der Waals surface area contributed by atoms with Gasteiger partial charge in [-0.05, 0) is 62.3 Å². The summed E-state index contributed by atoms with van der Waals surface area (Å²) >= 11 is 0. The Kier molecular flexibility index (Phi) is 5.00. The second-order valence-corrected chi connectivity index (χ2v) is 8.75. The fourth-order valence-corrected chi connectivity index (χ4v) is 3.94. The van der Waals surface area contributed by atoms with Crippen molar-refractivity contribution in [3.8, 4) is 0 Å². The monoisotopic (exact) mass is 277 g/mol. The molecule has 1 N–H and O–H groups in total. The second-order valence-electron chi connectivity index (χ2n) is 8.75. The Labute approximate surface area is 126 Å². The first kappa shape index (κ1) is 16.1. The molecule has 0 heterocycles. The van der Waals surface area contributed by atoms with Gasteiger partial charge in [-0.15, -0.1) is 0 Å². The van der Waals surface area contributed by atoms with Gasteiger partial charge in [0, 0.05) is 12.0 Å². The van der Waals surface area contributed by atoms with Crippen LogP contribution in [0.1, 0.15) is 73.1 Å². The van der Waals surface area contributed by atoms with Crippen molar-refractivity contribution in [2.45, 2.75) is 73.1 Å². The van der Waals surface area contributed by atoms with Crippen LogP contribution in [-0.4, -0.2) is 13.1 Å². The van der Waals surface area contributed by atoms with Crippen molar-refractivity contribution in [1.29, 1.82) is 0 Å². The van der Waals surface area contributed by atoms with Crippen molar-refractivity contribution in [1.82, 2.24) is 5.32 Å². The summed E-state index contributed by atoms with van der Waals surface area (Å²) in [6.07, 6.45) is 10.9. The Balaban J connectivity index is 2.00. The number of hydrogen-bond donors (Lipinski definition) is 1. The van der Waals surface area contributed by atoms with E-state index >= 15 is 0 Å². The predicted molar refractivity (Wildman–Crippen MR) is 88.9 cm³/mol. The summed E-state index contributed by atoms with van der Waals surface area (Å²) in [6.45, 7) is 14.2. The summed E-state index contributed by atoms with van der Waals surface area (Å²) in [5.74, 6) is 1.66. The van der Waals surface area contributed by atoms with Gasteiger partial charge < -0.3 is 5.32 Å². The topological polar surface area (TPSA) is 12.0 Å². The third-order valence-electron chi connectivity index (χ3n) is 5.49. The van der Waals surface area contributed by atoms with Crippen molar-refractivity contribution < 1.29 is 0 Å². The SMILES string of the molecule is CC(C)CNCC1(C2=CCCCC2)CC(C(C)(C)C)C1. The molecule has 0 aromatic heterocycles. The highest BCUT2D eigenvalue weighted by molar-refractivity contribution is 5.23. The number of nitrogens with one attached hydrogen (secondary N) is 1. The molecule has 0 spiro atoms. The van der Waals surface area contributed by atoms with E-state index in [2.05, 4.69) is 46.0 Å². The van der Waals surface area contributed by atoms with Gasteiger partial charge in [0.2, 0.25) is 0 Å². The first-order valence-corrected chi connectivity index (χ1v) is 8.74. The van der Waals surface area contributed by atoms with E-state index in [1.807, 2.05) is 0 Å². The Morgan fingerprint density at radius 1 is 1.25 bits per heavy atom. The standard InChI is InChI=1S/C19H35N/c1-15(2)13-20-14-19(16-9-7-6-8-10-16)11-17(12-19)18(3,4)5/h9,15,17,20H,6-8,10-14H2,1-5H3. The van der Waals surface area contributed by atoms with Crippen LogP contribution < -0.4 is 5.32 Å². The van der Waals surface area contributed by atoms with Crippen molar-refractivity contribution in [2.24, 2.45) is 22.7 Å². The van der Waals surface area contributed by atoms with E-state index in [9.17, 15) is 0 Å². The molecule has 2 aliphatic carbocycles.